The van der Waals surface area contributed by atoms with Gasteiger partial charge in [0, 0.05) is 12.6 Å². The number of aromatic hydroxyl groups is 1. The number of phenols is 1. The van der Waals surface area contributed by atoms with Crippen LogP contribution >= 0.6 is 0 Å². The van der Waals surface area contributed by atoms with Crippen LogP contribution in [0.1, 0.15) is 23.4 Å². The molecule has 0 amide bonds. The summed E-state index contributed by atoms with van der Waals surface area (Å²) in [4.78, 5) is 0. The lowest BCUT2D eigenvalue weighted by Crippen LogP contribution is -2.36. The Morgan fingerprint density at radius 1 is 1.43 bits per heavy atom. The van der Waals surface area contributed by atoms with Gasteiger partial charge in [-0.15, -0.1) is 0 Å². The van der Waals surface area contributed by atoms with Gasteiger partial charge in [0.2, 0.25) is 10.0 Å². The van der Waals surface area contributed by atoms with E-state index < -0.39 is 10.0 Å². The van der Waals surface area contributed by atoms with Crippen molar-refractivity contribution < 1.29 is 18.0 Å². The second kappa shape index (κ2) is 5.07. The molecule has 0 spiro atoms. The highest BCUT2D eigenvalue weighted by atomic mass is 32.2. The molecule has 0 atom stereocenters. The number of aromatic nitrogens is 1. The molecule has 3 rings (SSSR count). The molecule has 0 unspecified atom stereocenters. The summed E-state index contributed by atoms with van der Waals surface area (Å²) in [6.45, 7) is 2.08. The molecule has 0 radical (unpaired) electrons. The van der Waals surface area contributed by atoms with Crippen molar-refractivity contribution >= 4 is 15.7 Å². The number of fused-ring (bicyclic) bond motifs is 1. The number of hydrogen-bond acceptors (Lipinski definition) is 5. The van der Waals surface area contributed by atoms with Crippen LogP contribution in [0, 0.1) is 6.92 Å². The molecule has 112 valence electrons. The number of rotatable bonds is 3. The van der Waals surface area contributed by atoms with Gasteiger partial charge >= 0.3 is 0 Å². The van der Waals surface area contributed by atoms with Crippen LogP contribution in [0.5, 0.6) is 5.75 Å². The van der Waals surface area contributed by atoms with Gasteiger partial charge in [-0.25, -0.2) is 8.42 Å². The molecular weight excluding hydrogens is 292 g/mol. The maximum atomic E-state index is 12.6. The van der Waals surface area contributed by atoms with Gasteiger partial charge in [0.15, 0.2) is 0 Å². The summed E-state index contributed by atoms with van der Waals surface area (Å²) in [5.74, 6) is 0.326. The molecule has 0 aliphatic carbocycles. The summed E-state index contributed by atoms with van der Waals surface area (Å²) in [5, 5.41) is 13.8. The summed E-state index contributed by atoms with van der Waals surface area (Å²) in [5.41, 5.74) is 1.61. The summed E-state index contributed by atoms with van der Waals surface area (Å²) in [6, 6.07) is 6.68. The number of anilines is 1. The fraction of sp³-hybridized carbons (Fsp3) is 0.357. The first-order valence-corrected chi connectivity index (χ1v) is 8.32. The summed E-state index contributed by atoms with van der Waals surface area (Å²) in [7, 11) is -3.61. The lowest BCUT2D eigenvalue weighted by Gasteiger charge is -2.30. The number of aryl methyl sites for hydroxylation is 2. The van der Waals surface area contributed by atoms with Crippen LogP contribution in [-0.2, 0) is 22.2 Å². The van der Waals surface area contributed by atoms with Crippen LogP contribution in [0.25, 0.3) is 0 Å². The topological polar surface area (TPSA) is 83.6 Å². The van der Waals surface area contributed by atoms with Gasteiger partial charge in [-0.3, -0.25) is 4.31 Å². The van der Waals surface area contributed by atoms with Crippen molar-refractivity contribution in [3.05, 3.63) is 41.3 Å². The van der Waals surface area contributed by atoms with Gasteiger partial charge in [0.1, 0.15) is 23.0 Å². The Morgan fingerprint density at radius 2 is 2.24 bits per heavy atom. The number of phenolic OH excluding ortho intramolecular Hbond substituents is 1. The quantitative estimate of drug-likeness (QED) is 0.937. The van der Waals surface area contributed by atoms with Crippen molar-refractivity contribution in [2.24, 2.45) is 0 Å². The van der Waals surface area contributed by atoms with E-state index in [4.69, 9.17) is 4.52 Å². The molecule has 1 aromatic carbocycles. The minimum atomic E-state index is -3.61. The highest BCUT2D eigenvalue weighted by Crippen LogP contribution is 2.37. The number of hydrogen-bond donors (Lipinski definition) is 1. The highest BCUT2D eigenvalue weighted by Gasteiger charge is 2.30. The van der Waals surface area contributed by atoms with Crippen LogP contribution < -0.4 is 4.31 Å². The molecule has 1 aliphatic heterocycles. The minimum Gasteiger partial charge on any atom is -0.506 e. The maximum Gasteiger partial charge on any atom is 0.241 e. The Balaban J connectivity index is 1.98. The number of sulfonamides is 1. The van der Waals surface area contributed by atoms with Gasteiger partial charge in [0.25, 0.3) is 0 Å². The third-order valence-electron chi connectivity index (χ3n) is 3.50. The third kappa shape index (κ3) is 2.61. The lowest BCUT2D eigenvalue weighted by atomic mass is 10.0. The molecule has 2 heterocycles. The normalized spacial score (nSPS) is 15.0. The minimum absolute atomic E-state index is 0.00731. The molecule has 0 fully saturated rings. The largest absolute Gasteiger partial charge is 0.506 e. The van der Waals surface area contributed by atoms with E-state index in [0.29, 0.717) is 23.7 Å². The molecule has 0 bridgehead atoms. The summed E-state index contributed by atoms with van der Waals surface area (Å²) < 4.78 is 31.4. The van der Waals surface area contributed by atoms with Crippen LogP contribution in [0.4, 0.5) is 5.69 Å². The van der Waals surface area contributed by atoms with E-state index >= 15 is 0 Å². The first-order chi connectivity index (χ1) is 9.97. The molecule has 6 nitrogen and oxygen atoms in total. The van der Waals surface area contributed by atoms with E-state index in [-0.39, 0.29) is 11.5 Å². The Hall–Kier alpha value is -2.02. The lowest BCUT2D eigenvalue weighted by molar-refractivity contribution is 0.392. The highest BCUT2D eigenvalue weighted by molar-refractivity contribution is 7.92. The summed E-state index contributed by atoms with van der Waals surface area (Å²) in [6.07, 6.45) is 1.49. The van der Waals surface area contributed by atoms with Gasteiger partial charge in [-0.2, -0.15) is 0 Å². The molecule has 7 heteroatoms. The molecule has 1 N–H and O–H groups in total. The second-order valence-corrected chi connectivity index (χ2v) is 7.04. The number of nitrogens with zero attached hydrogens (tertiary/aromatic N) is 2. The van der Waals surface area contributed by atoms with Crippen LogP contribution in [-0.4, -0.2) is 25.2 Å². The van der Waals surface area contributed by atoms with E-state index in [1.807, 2.05) is 6.07 Å². The van der Waals surface area contributed by atoms with Crippen LogP contribution in [0.2, 0.25) is 0 Å². The fourth-order valence-electron chi connectivity index (χ4n) is 2.62. The number of para-hydroxylation sites is 1. The third-order valence-corrected chi connectivity index (χ3v) is 5.20. The van der Waals surface area contributed by atoms with Crippen molar-refractivity contribution in [1.82, 2.24) is 5.16 Å². The second-order valence-electron chi connectivity index (χ2n) is 5.15. The zero-order chi connectivity index (χ0) is 15.0. The van der Waals surface area contributed by atoms with E-state index in [1.165, 1.54) is 10.4 Å². The van der Waals surface area contributed by atoms with Crippen LogP contribution in [0.3, 0.4) is 0 Å². The zero-order valence-corrected chi connectivity index (χ0v) is 12.4. The van der Waals surface area contributed by atoms with Gasteiger partial charge in [0.05, 0.1) is 5.69 Å². The fourth-order valence-corrected chi connectivity index (χ4v) is 4.18. The molecule has 1 aliphatic rings. The van der Waals surface area contributed by atoms with Gasteiger partial charge in [-0.1, -0.05) is 17.3 Å². The Bertz CT molecular complexity index is 767. The Labute approximate surface area is 123 Å². The first-order valence-electron chi connectivity index (χ1n) is 6.71. The van der Waals surface area contributed by atoms with E-state index in [2.05, 4.69) is 5.16 Å². The Morgan fingerprint density at radius 3 is 2.95 bits per heavy atom. The Kier molecular flexibility index (Phi) is 3.36. The monoisotopic (exact) mass is 308 g/mol. The molecule has 1 aromatic heterocycles. The number of benzene rings is 1. The molecule has 21 heavy (non-hydrogen) atoms. The van der Waals surface area contributed by atoms with E-state index in [0.717, 1.165) is 18.4 Å². The average molecular weight is 308 g/mol. The van der Waals surface area contributed by atoms with E-state index in [1.54, 1.807) is 19.1 Å². The smallest absolute Gasteiger partial charge is 0.241 e. The van der Waals surface area contributed by atoms with Crippen molar-refractivity contribution in [2.75, 3.05) is 10.8 Å². The molecule has 2 aromatic rings. The predicted octanol–water partition coefficient (Wildman–Crippen LogP) is 1.97. The van der Waals surface area contributed by atoms with Crippen molar-refractivity contribution in [3.8, 4) is 5.75 Å². The van der Waals surface area contributed by atoms with Gasteiger partial charge < -0.3 is 9.63 Å². The molecule has 0 saturated carbocycles. The van der Waals surface area contributed by atoms with Crippen LogP contribution in [0.15, 0.2) is 28.8 Å². The first kappa shape index (κ1) is 13.9. The van der Waals surface area contributed by atoms with Crippen molar-refractivity contribution in [1.29, 1.82) is 0 Å². The summed E-state index contributed by atoms with van der Waals surface area (Å²) >= 11 is 0. The predicted molar refractivity (Wildman–Crippen MR) is 77.6 cm³/mol. The maximum absolute atomic E-state index is 12.6. The standard InChI is InChI=1S/C14H16N2O4S/c1-10-8-12(15-20-10)9-21(18,19)16-7-3-5-11-4-2-6-13(17)14(11)16/h2,4,6,8,17H,3,5,7,9H2,1H3. The molecule has 0 saturated heterocycles. The van der Waals surface area contributed by atoms with Crippen molar-refractivity contribution in [2.45, 2.75) is 25.5 Å². The molecular formula is C14H16N2O4S. The van der Waals surface area contributed by atoms with E-state index in [9.17, 15) is 13.5 Å². The van der Waals surface area contributed by atoms with Crippen molar-refractivity contribution in [3.63, 3.8) is 0 Å². The SMILES string of the molecule is Cc1cc(CS(=O)(=O)N2CCCc3cccc(O)c32)no1. The zero-order valence-electron chi connectivity index (χ0n) is 11.6. The van der Waals surface area contributed by atoms with Gasteiger partial charge in [-0.05, 0) is 31.4 Å². The average Bonchev–Trinajstić information content (AvgIpc) is 2.83.